The Morgan fingerprint density at radius 2 is 1.69 bits per heavy atom. The summed E-state index contributed by atoms with van der Waals surface area (Å²) in [4.78, 5) is 48.1. The van der Waals surface area contributed by atoms with E-state index in [-0.39, 0.29) is 41.5 Å². The number of carbonyl (C=O) groups is 3. The predicted octanol–water partition coefficient (Wildman–Crippen LogP) is 3.49. The van der Waals surface area contributed by atoms with Gasteiger partial charge in [0.1, 0.15) is 6.04 Å². The zero-order valence-electron chi connectivity index (χ0n) is 23.7. The molecule has 8 heteroatoms. The quantitative estimate of drug-likeness (QED) is 0.548. The van der Waals surface area contributed by atoms with E-state index in [4.69, 9.17) is 0 Å². The summed E-state index contributed by atoms with van der Waals surface area (Å²) in [5.74, 6) is -1.58. The summed E-state index contributed by atoms with van der Waals surface area (Å²) >= 11 is 1.59. The standard InChI is InChI=1S/C31H41N3O4S/c1-29(2,3)20-30(4,5)34-16-10-14-31-24(27(37)33(17-18-35)25(31)28(34)38)23-22(39-31)13-9-15-32(26(23)36)19-21-11-7-6-8-12-21/h6-14,22-25,35H,15-20H2,1-5H3/t22-,23+,24+,25?,31+/m1/s1. The van der Waals surface area contributed by atoms with Crippen molar-refractivity contribution in [1.29, 1.82) is 0 Å². The molecule has 1 aromatic carbocycles. The molecule has 39 heavy (non-hydrogen) atoms. The van der Waals surface area contributed by atoms with Crippen LogP contribution in [0.3, 0.4) is 0 Å². The Morgan fingerprint density at radius 1 is 0.974 bits per heavy atom. The highest BCUT2D eigenvalue weighted by molar-refractivity contribution is 8.02. The molecule has 3 amide bonds. The second-order valence-corrected chi connectivity index (χ2v) is 14.6. The van der Waals surface area contributed by atoms with Crippen LogP contribution in [-0.2, 0) is 20.9 Å². The topological polar surface area (TPSA) is 81.2 Å². The molecule has 1 unspecified atom stereocenters. The number of aliphatic hydroxyl groups excluding tert-OH is 1. The Kier molecular flexibility index (Phi) is 7.25. The van der Waals surface area contributed by atoms with Crippen molar-refractivity contribution in [1.82, 2.24) is 14.7 Å². The molecular weight excluding hydrogens is 510 g/mol. The number of hydrogen-bond donors (Lipinski definition) is 1. The summed E-state index contributed by atoms with van der Waals surface area (Å²) in [6.45, 7) is 11.9. The van der Waals surface area contributed by atoms with E-state index in [1.54, 1.807) is 16.7 Å². The Labute approximate surface area is 236 Å². The van der Waals surface area contributed by atoms with Crippen molar-refractivity contribution in [2.24, 2.45) is 17.3 Å². The summed E-state index contributed by atoms with van der Waals surface area (Å²) < 4.78 is -0.860. The number of carbonyl (C=O) groups excluding carboxylic acids is 3. The molecule has 2 fully saturated rings. The molecule has 0 aromatic heterocycles. The van der Waals surface area contributed by atoms with Gasteiger partial charge in [-0.25, -0.2) is 0 Å². The van der Waals surface area contributed by atoms with Gasteiger partial charge in [-0.15, -0.1) is 11.8 Å². The first-order valence-electron chi connectivity index (χ1n) is 14.0. The van der Waals surface area contributed by atoms with Crippen LogP contribution in [-0.4, -0.2) is 85.3 Å². The minimum Gasteiger partial charge on any atom is -0.395 e. The van der Waals surface area contributed by atoms with Crippen LogP contribution >= 0.6 is 11.8 Å². The van der Waals surface area contributed by atoms with Crippen molar-refractivity contribution < 1.29 is 19.5 Å². The van der Waals surface area contributed by atoms with Crippen LogP contribution in [0.25, 0.3) is 0 Å². The maximum absolute atomic E-state index is 14.5. The maximum Gasteiger partial charge on any atom is 0.247 e. The highest BCUT2D eigenvalue weighted by atomic mass is 32.2. The smallest absolute Gasteiger partial charge is 0.247 e. The lowest BCUT2D eigenvalue weighted by atomic mass is 9.77. The predicted molar refractivity (Wildman–Crippen MR) is 154 cm³/mol. The van der Waals surface area contributed by atoms with Crippen molar-refractivity contribution in [3.63, 3.8) is 0 Å². The van der Waals surface area contributed by atoms with Crippen LogP contribution in [0.1, 0.15) is 46.6 Å². The van der Waals surface area contributed by atoms with Crippen LogP contribution in [0.4, 0.5) is 0 Å². The SMILES string of the molecule is CC(C)(C)CC(C)(C)N1CC=C[C@]23S[C@@H]4C=CCN(Cc5ccccc5)C(=O)[C@@H]4[C@H]2C(=O)N(CCO)C3C1=O. The number of benzene rings is 1. The zero-order valence-corrected chi connectivity index (χ0v) is 24.5. The highest BCUT2D eigenvalue weighted by Gasteiger charge is 2.71. The van der Waals surface area contributed by atoms with Crippen molar-refractivity contribution >= 4 is 29.5 Å². The number of thioether (sulfide) groups is 1. The molecule has 5 atom stereocenters. The minimum atomic E-state index is -0.860. The maximum atomic E-state index is 14.5. The third-order valence-electron chi connectivity index (χ3n) is 8.49. The van der Waals surface area contributed by atoms with Crippen LogP contribution < -0.4 is 0 Å². The van der Waals surface area contributed by atoms with Gasteiger partial charge in [0.15, 0.2) is 0 Å². The summed E-state index contributed by atoms with van der Waals surface area (Å²) in [7, 11) is 0. The van der Waals surface area contributed by atoms with Crippen molar-refractivity contribution in [3.05, 3.63) is 60.2 Å². The fourth-order valence-electron chi connectivity index (χ4n) is 7.42. The van der Waals surface area contributed by atoms with Gasteiger partial charge in [-0.1, -0.05) is 75.4 Å². The van der Waals surface area contributed by atoms with Gasteiger partial charge in [0, 0.05) is 37.0 Å². The number of rotatable bonds is 6. The molecule has 210 valence electrons. The molecule has 0 aliphatic carbocycles. The summed E-state index contributed by atoms with van der Waals surface area (Å²) in [5, 5.41) is 9.74. The monoisotopic (exact) mass is 551 g/mol. The minimum absolute atomic E-state index is 0.00499. The first kappa shape index (κ1) is 28.0. The molecule has 2 saturated heterocycles. The van der Waals surface area contributed by atoms with E-state index in [9.17, 15) is 19.5 Å². The molecule has 7 nitrogen and oxygen atoms in total. The zero-order chi connectivity index (χ0) is 28.2. The average molecular weight is 552 g/mol. The molecule has 1 N–H and O–H groups in total. The molecule has 1 spiro atoms. The van der Waals surface area contributed by atoms with Gasteiger partial charge in [-0.3, -0.25) is 14.4 Å². The van der Waals surface area contributed by atoms with E-state index in [1.165, 1.54) is 0 Å². The normalized spacial score (nSPS) is 30.8. The second-order valence-electron chi connectivity index (χ2n) is 13.1. The number of fused-ring (bicyclic) bond motifs is 2. The van der Waals surface area contributed by atoms with E-state index < -0.39 is 28.2 Å². The molecule has 0 saturated carbocycles. The highest BCUT2D eigenvalue weighted by Crippen LogP contribution is 2.61. The van der Waals surface area contributed by atoms with Gasteiger partial charge in [0.05, 0.1) is 23.2 Å². The number of hydrogen-bond acceptors (Lipinski definition) is 5. The summed E-state index contributed by atoms with van der Waals surface area (Å²) in [6.07, 6.45) is 8.97. The first-order valence-corrected chi connectivity index (χ1v) is 14.9. The van der Waals surface area contributed by atoms with Crippen molar-refractivity contribution in [2.75, 3.05) is 26.2 Å². The van der Waals surface area contributed by atoms with E-state index in [1.807, 2.05) is 58.4 Å². The van der Waals surface area contributed by atoms with Crippen LogP contribution in [0.5, 0.6) is 0 Å². The van der Waals surface area contributed by atoms with E-state index >= 15 is 0 Å². The van der Waals surface area contributed by atoms with Gasteiger partial charge in [-0.2, -0.15) is 0 Å². The van der Waals surface area contributed by atoms with Gasteiger partial charge in [-0.05, 0) is 31.2 Å². The lowest BCUT2D eigenvalue weighted by Gasteiger charge is -2.44. The van der Waals surface area contributed by atoms with Gasteiger partial charge < -0.3 is 19.8 Å². The van der Waals surface area contributed by atoms with Crippen LogP contribution in [0, 0.1) is 17.3 Å². The van der Waals surface area contributed by atoms with Gasteiger partial charge in [0.2, 0.25) is 17.7 Å². The molecule has 5 rings (SSSR count). The lowest BCUT2D eigenvalue weighted by Crippen LogP contribution is -2.59. The number of nitrogens with zero attached hydrogens (tertiary/aromatic N) is 3. The molecule has 0 bridgehead atoms. The lowest BCUT2D eigenvalue weighted by molar-refractivity contribution is -0.147. The third kappa shape index (κ3) is 4.84. The van der Waals surface area contributed by atoms with E-state index in [0.29, 0.717) is 19.6 Å². The average Bonchev–Trinajstić information content (AvgIpc) is 3.15. The molecule has 4 heterocycles. The fourth-order valence-corrected chi connectivity index (χ4v) is 9.43. The summed E-state index contributed by atoms with van der Waals surface area (Å²) in [6, 6.07) is 9.12. The Bertz CT molecular complexity index is 1190. The largest absolute Gasteiger partial charge is 0.395 e. The first-order chi connectivity index (χ1) is 18.4. The molecule has 1 aromatic rings. The Morgan fingerprint density at radius 3 is 2.36 bits per heavy atom. The summed E-state index contributed by atoms with van der Waals surface area (Å²) in [5.41, 5.74) is 0.606. The Hall–Kier alpha value is -2.58. The number of likely N-dealkylation sites (tertiary alicyclic amines) is 1. The van der Waals surface area contributed by atoms with Crippen molar-refractivity contribution in [2.45, 2.75) is 69.2 Å². The van der Waals surface area contributed by atoms with Crippen LogP contribution in [0.2, 0.25) is 0 Å². The van der Waals surface area contributed by atoms with Gasteiger partial charge in [0.25, 0.3) is 0 Å². The van der Waals surface area contributed by atoms with E-state index in [2.05, 4.69) is 40.7 Å². The number of β-amino-alcohol motifs (C(OH)–C–C–N with tert-alkyl or cyclic N) is 1. The molecule has 0 radical (unpaired) electrons. The third-order valence-corrected chi connectivity index (χ3v) is 10.2. The second kappa shape index (κ2) is 10.1. The molecule has 4 aliphatic heterocycles. The number of aliphatic hydroxyl groups is 1. The number of amides is 3. The molecule has 4 aliphatic rings. The van der Waals surface area contributed by atoms with Gasteiger partial charge >= 0.3 is 0 Å². The van der Waals surface area contributed by atoms with E-state index in [0.717, 1.165) is 12.0 Å². The fraction of sp³-hybridized carbons (Fsp3) is 0.581. The Balaban J connectivity index is 1.53. The van der Waals surface area contributed by atoms with Crippen molar-refractivity contribution in [3.8, 4) is 0 Å². The van der Waals surface area contributed by atoms with Crippen LogP contribution in [0.15, 0.2) is 54.6 Å². The molecular formula is C31H41N3O4S.